The van der Waals surface area contributed by atoms with Gasteiger partial charge in [-0.25, -0.2) is 9.79 Å². The van der Waals surface area contributed by atoms with Gasteiger partial charge in [0.25, 0.3) is 0 Å². The summed E-state index contributed by atoms with van der Waals surface area (Å²) in [6, 6.07) is 1.69. The second-order valence-corrected chi connectivity index (χ2v) is 9.30. The zero-order valence-corrected chi connectivity index (χ0v) is 18.5. The average Bonchev–Trinajstić information content (AvgIpc) is 3.37. The third-order valence-electron chi connectivity index (χ3n) is 5.73. The molecule has 1 atom stereocenters. The Bertz CT molecular complexity index is 896. The number of amidine groups is 1. The molecule has 1 fully saturated rings. The topological polar surface area (TPSA) is 62.2 Å². The number of amides is 1. The molecule has 3 aliphatic rings. The fraction of sp³-hybridized carbons (Fsp3) is 0.476. The molecule has 4 heterocycles. The molecule has 0 saturated carbocycles. The Morgan fingerprint density at radius 1 is 1.31 bits per heavy atom. The maximum atomic E-state index is 13.0. The zero-order chi connectivity index (χ0) is 20.5. The Morgan fingerprint density at radius 3 is 2.72 bits per heavy atom. The Morgan fingerprint density at radius 2 is 2.07 bits per heavy atom. The van der Waals surface area contributed by atoms with Gasteiger partial charge in [-0.15, -0.1) is 0 Å². The van der Waals surface area contributed by atoms with Crippen LogP contribution in [-0.2, 0) is 14.3 Å². The van der Waals surface area contributed by atoms with Crippen LogP contribution < -0.4 is 0 Å². The molecule has 8 heteroatoms. The Hall–Kier alpha value is -2.06. The smallest absolute Gasteiger partial charge is 0.338 e. The number of hydrogen-bond acceptors (Lipinski definition) is 7. The summed E-state index contributed by atoms with van der Waals surface area (Å²) in [7, 11) is 1.39. The molecule has 1 aromatic rings. The number of ether oxygens (including phenoxy) is 1. The summed E-state index contributed by atoms with van der Waals surface area (Å²) in [5.74, 6) is 0.439. The molecular weight excluding hydrogens is 406 g/mol. The first-order valence-corrected chi connectivity index (χ1v) is 11.6. The fourth-order valence-electron chi connectivity index (χ4n) is 4.01. The van der Waals surface area contributed by atoms with Gasteiger partial charge in [0, 0.05) is 18.8 Å². The van der Waals surface area contributed by atoms with Gasteiger partial charge in [0.1, 0.15) is 0 Å². The van der Waals surface area contributed by atoms with E-state index < -0.39 is 0 Å². The van der Waals surface area contributed by atoms with E-state index in [-0.39, 0.29) is 17.9 Å². The number of fused-ring (bicyclic) bond motifs is 1. The number of thioether (sulfide) groups is 1. The summed E-state index contributed by atoms with van der Waals surface area (Å²) in [6.45, 7) is 5.72. The predicted octanol–water partition coefficient (Wildman–Crippen LogP) is 4.14. The first-order chi connectivity index (χ1) is 14.0. The SMILES string of the molecule is COC(=O)C1=C(C)N=C2SC=C(CC(=O)N3CCC(C)CC3)N2[C@H]1c1ccsc1. The molecule has 0 aliphatic carbocycles. The van der Waals surface area contributed by atoms with Crippen molar-refractivity contribution in [2.45, 2.75) is 39.2 Å². The summed E-state index contributed by atoms with van der Waals surface area (Å²) in [5, 5.41) is 6.84. The highest BCUT2D eigenvalue weighted by atomic mass is 32.2. The van der Waals surface area contributed by atoms with Crippen LogP contribution in [0, 0.1) is 5.92 Å². The van der Waals surface area contributed by atoms with E-state index in [4.69, 9.17) is 4.74 Å². The van der Waals surface area contributed by atoms with E-state index in [1.165, 1.54) is 18.9 Å². The lowest BCUT2D eigenvalue weighted by atomic mass is 9.95. The number of allylic oxidation sites excluding steroid dienone is 1. The minimum absolute atomic E-state index is 0.139. The average molecular weight is 432 g/mol. The van der Waals surface area contributed by atoms with E-state index in [0.29, 0.717) is 23.6 Å². The summed E-state index contributed by atoms with van der Waals surface area (Å²) < 4.78 is 5.07. The van der Waals surface area contributed by atoms with E-state index in [0.717, 1.165) is 42.4 Å². The van der Waals surface area contributed by atoms with Gasteiger partial charge >= 0.3 is 5.97 Å². The number of hydrogen-bond donors (Lipinski definition) is 0. The lowest BCUT2D eigenvalue weighted by Crippen LogP contribution is -2.40. The molecule has 0 bridgehead atoms. The highest BCUT2D eigenvalue weighted by Crippen LogP contribution is 2.45. The van der Waals surface area contributed by atoms with E-state index in [1.54, 1.807) is 11.3 Å². The number of carbonyl (C=O) groups excluding carboxylic acids is 2. The molecule has 0 unspecified atom stereocenters. The maximum absolute atomic E-state index is 13.0. The van der Waals surface area contributed by atoms with E-state index >= 15 is 0 Å². The minimum Gasteiger partial charge on any atom is -0.466 e. The van der Waals surface area contributed by atoms with Crippen LogP contribution in [0.5, 0.6) is 0 Å². The summed E-state index contributed by atoms with van der Waals surface area (Å²) in [5.41, 5.74) is 3.09. The number of thiophene rings is 1. The van der Waals surface area contributed by atoms with Crippen molar-refractivity contribution in [1.82, 2.24) is 9.80 Å². The number of likely N-dealkylation sites (tertiary alicyclic amines) is 1. The molecule has 0 aromatic carbocycles. The van der Waals surface area contributed by atoms with Crippen LogP contribution in [0.25, 0.3) is 0 Å². The predicted molar refractivity (Wildman–Crippen MR) is 116 cm³/mol. The molecule has 154 valence electrons. The molecule has 29 heavy (non-hydrogen) atoms. The Balaban J connectivity index is 1.62. The van der Waals surface area contributed by atoms with E-state index in [1.807, 2.05) is 39.0 Å². The third kappa shape index (κ3) is 3.88. The van der Waals surface area contributed by atoms with Crippen LogP contribution in [0.1, 0.15) is 44.7 Å². The van der Waals surface area contributed by atoms with Crippen molar-refractivity contribution in [1.29, 1.82) is 0 Å². The minimum atomic E-state index is -0.380. The summed E-state index contributed by atoms with van der Waals surface area (Å²) in [4.78, 5) is 34.2. The monoisotopic (exact) mass is 431 g/mol. The Kier molecular flexibility index (Phi) is 5.83. The number of piperidine rings is 1. The van der Waals surface area contributed by atoms with Crippen molar-refractivity contribution in [3.63, 3.8) is 0 Å². The van der Waals surface area contributed by atoms with Crippen molar-refractivity contribution >= 4 is 40.1 Å². The second kappa shape index (κ2) is 8.36. The van der Waals surface area contributed by atoms with Crippen LogP contribution >= 0.6 is 23.1 Å². The fourth-order valence-corrected chi connectivity index (χ4v) is 5.65. The Labute approximate surface area is 179 Å². The number of aliphatic imine (C=N–C) groups is 1. The van der Waals surface area contributed by atoms with Crippen LogP contribution in [0.15, 0.2) is 44.2 Å². The van der Waals surface area contributed by atoms with Crippen LogP contribution in [0.4, 0.5) is 0 Å². The van der Waals surface area contributed by atoms with Crippen LogP contribution in [0.2, 0.25) is 0 Å². The molecule has 6 nitrogen and oxygen atoms in total. The number of rotatable bonds is 4. The van der Waals surface area contributed by atoms with Crippen molar-refractivity contribution < 1.29 is 14.3 Å². The van der Waals surface area contributed by atoms with Gasteiger partial charge in [0.05, 0.1) is 30.8 Å². The van der Waals surface area contributed by atoms with Crippen molar-refractivity contribution in [3.05, 3.63) is 44.8 Å². The molecule has 1 amide bonds. The van der Waals surface area contributed by atoms with Crippen LogP contribution in [0.3, 0.4) is 0 Å². The third-order valence-corrected chi connectivity index (χ3v) is 7.32. The highest BCUT2D eigenvalue weighted by Gasteiger charge is 2.41. The largest absolute Gasteiger partial charge is 0.466 e. The van der Waals surface area contributed by atoms with Gasteiger partial charge < -0.3 is 14.5 Å². The first kappa shape index (κ1) is 20.2. The second-order valence-electron chi connectivity index (χ2n) is 7.68. The lowest BCUT2D eigenvalue weighted by molar-refractivity contribution is -0.136. The lowest BCUT2D eigenvalue weighted by Gasteiger charge is -2.36. The number of esters is 1. The van der Waals surface area contributed by atoms with Gasteiger partial charge in [-0.3, -0.25) is 4.79 Å². The van der Waals surface area contributed by atoms with Crippen molar-refractivity contribution in [2.24, 2.45) is 10.9 Å². The normalized spacial score (nSPS) is 22.4. The van der Waals surface area contributed by atoms with Gasteiger partial charge in [-0.1, -0.05) is 18.7 Å². The van der Waals surface area contributed by atoms with E-state index in [9.17, 15) is 9.59 Å². The molecule has 3 aliphatic heterocycles. The van der Waals surface area contributed by atoms with Gasteiger partial charge in [-0.2, -0.15) is 11.3 Å². The maximum Gasteiger partial charge on any atom is 0.338 e. The van der Waals surface area contributed by atoms with Crippen molar-refractivity contribution in [2.75, 3.05) is 20.2 Å². The van der Waals surface area contributed by atoms with E-state index in [2.05, 4.69) is 11.9 Å². The standard InChI is InChI=1S/C21H25N3O3S2/c1-13-4-7-23(8-5-13)17(25)10-16-12-29-21-22-14(2)18(20(26)27-3)19(24(16)21)15-6-9-28-11-15/h6,9,11-13,19H,4-5,7-8,10H2,1-3H3/t19-/m0/s1. The zero-order valence-electron chi connectivity index (χ0n) is 16.9. The molecule has 1 aromatic heterocycles. The summed E-state index contributed by atoms with van der Waals surface area (Å²) >= 11 is 3.10. The first-order valence-electron chi connectivity index (χ1n) is 9.82. The number of methoxy groups -OCH3 is 1. The number of nitrogens with zero attached hydrogens (tertiary/aromatic N) is 3. The van der Waals surface area contributed by atoms with Crippen molar-refractivity contribution in [3.8, 4) is 0 Å². The highest BCUT2D eigenvalue weighted by molar-refractivity contribution is 8.16. The summed E-state index contributed by atoms with van der Waals surface area (Å²) in [6.07, 6.45) is 2.43. The molecule has 0 spiro atoms. The van der Waals surface area contributed by atoms with Gasteiger partial charge in [0.15, 0.2) is 5.17 Å². The van der Waals surface area contributed by atoms with Crippen LogP contribution in [-0.4, -0.2) is 47.0 Å². The molecule has 0 N–H and O–H groups in total. The van der Waals surface area contributed by atoms with Gasteiger partial charge in [0.2, 0.25) is 5.91 Å². The molecular formula is C21H25N3O3S2. The molecule has 0 radical (unpaired) electrons. The molecule has 4 rings (SSSR count). The van der Waals surface area contributed by atoms with Gasteiger partial charge in [-0.05, 0) is 53.5 Å². The molecule has 1 saturated heterocycles. The number of carbonyl (C=O) groups is 2. The quantitative estimate of drug-likeness (QED) is 0.671.